The number of aromatic nitrogens is 3. The minimum Gasteiger partial charge on any atom is -0.355 e. The molecule has 0 spiro atoms. The van der Waals surface area contributed by atoms with E-state index in [0.717, 1.165) is 13.0 Å². The third kappa shape index (κ3) is 5.25. The third-order valence-electron chi connectivity index (χ3n) is 2.23. The number of nitrogens with zero attached hydrogens (tertiary/aromatic N) is 4. The summed E-state index contributed by atoms with van der Waals surface area (Å²) in [6.07, 6.45) is 0.952. The van der Waals surface area contributed by atoms with Crippen LogP contribution in [0.1, 0.15) is 20.3 Å². The van der Waals surface area contributed by atoms with Crippen LogP contribution >= 0.6 is 11.6 Å². The van der Waals surface area contributed by atoms with Gasteiger partial charge in [-0.15, -0.1) is 0 Å². The number of anilines is 2. The molecule has 1 aromatic rings. The first kappa shape index (κ1) is 15.4. The predicted molar refractivity (Wildman–Crippen MR) is 75.6 cm³/mol. The second-order valence-electron chi connectivity index (χ2n) is 3.96. The number of carbonyl (C=O) groups is 1. The lowest BCUT2D eigenvalue weighted by Crippen LogP contribution is -2.35. The van der Waals surface area contributed by atoms with Crippen molar-refractivity contribution in [2.75, 3.05) is 36.9 Å². The first-order valence-electron chi connectivity index (χ1n) is 6.20. The average molecular weight is 287 g/mol. The first-order chi connectivity index (χ1) is 9.06. The van der Waals surface area contributed by atoms with E-state index in [1.807, 2.05) is 13.8 Å². The molecule has 1 rings (SSSR count). The quantitative estimate of drug-likeness (QED) is 0.775. The lowest BCUT2D eigenvalue weighted by molar-refractivity contribution is -0.119. The van der Waals surface area contributed by atoms with E-state index in [1.165, 1.54) is 0 Å². The minimum atomic E-state index is -0.0930. The normalized spacial score (nSPS) is 10.1. The van der Waals surface area contributed by atoms with Gasteiger partial charge in [0.05, 0.1) is 6.54 Å². The zero-order valence-electron chi connectivity index (χ0n) is 11.4. The summed E-state index contributed by atoms with van der Waals surface area (Å²) in [5.74, 6) is 0.689. The second-order valence-corrected chi connectivity index (χ2v) is 4.30. The van der Waals surface area contributed by atoms with Gasteiger partial charge in [-0.3, -0.25) is 4.79 Å². The van der Waals surface area contributed by atoms with Crippen molar-refractivity contribution in [2.45, 2.75) is 20.3 Å². The van der Waals surface area contributed by atoms with Gasteiger partial charge in [0, 0.05) is 20.1 Å². The Morgan fingerprint density at radius 1 is 1.32 bits per heavy atom. The monoisotopic (exact) mass is 286 g/mol. The van der Waals surface area contributed by atoms with E-state index in [9.17, 15) is 4.79 Å². The molecule has 1 heterocycles. The van der Waals surface area contributed by atoms with Gasteiger partial charge in [-0.1, -0.05) is 6.92 Å². The number of hydrogen-bond acceptors (Lipinski definition) is 6. The molecule has 2 N–H and O–H groups in total. The number of hydrogen-bond donors (Lipinski definition) is 2. The van der Waals surface area contributed by atoms with E-state index in [-0.39, 0.29) is 17.7 Å². The Bertz CT molecular complexity index is 428. The van der Waals surface area contributed by atoms with Crippen molar-refractivity contribution >= 4 is 29.4 Å². The number of halogens is 1. The second kappa shape index (κ2) is 7.73. The highest BCUT2D eigenvalue weighted by atomic mass is 35.5. The molecule has 0 radical (unpaired) electrons. The number of rotatable bonds is 7. The smallest absolute Gasteiger partial charge is 0.239 e. The number of likely N-dealkylation sites (N-methyl/N-ethyl adjacent to an activating group) is 2. The summed E-state index contributed by atoms with van der Waals surface area (Å²) < 4.78 is 0. The fraction of sp³-hybridized carbons (Fsp3) is 0.636. The van der Waals surface area contributed by atoms with Crippen LogP contribution in [0.4, 0.5) is 11.9 Å². The number of carbonyl (C=O) groups excluding carboxylic acids is 1. The highest BCUT2D eigenvalue weighted by molar-refractivity contribution is 6.28. The highest BCUT2D eigenvalue weighted by Gasteiger charge is 2.12. The molecule has 0 bridgehead atoms. The van der Waals surface area contributed by atoms with E-state index in [4.69, 9.17) is 11.6 Å². The Kier molecular flexibility index (Phi) is 6.27. The molecule has 8 heteroatoms. The molecule has 0 aromatic carbocycles. The summed E-state index contributed by atoms with van der Waals surface area (Å²) in [5.41, 5.74) is 0. The Morgan fingerprint density at radius 3 is 2.68 bits per heavy atom. The molecule has 7 nitrogen and oxygen atoms in total. The Labute approximate surface area is 117 Å². The summed E-state index contributed by atoms with van der Waals surface area (Å²) in [4.78, 5) is 25.3. The van der Waals surface area contributed by atoms with E-state index < -0.39 is 0 Å². The molecule has 0 aliphatic rings. The molecule has 0 unspecified atom stereocenters. The van der Waals surface area contributed by atoms with E-state index >= 15 is 0 Å². The summed E-state index contributed by atoms with van der Waals surface area (Å²) in [7, 11) is 1.73. The van der Waals surface area contributed by atoms with Gasteiger partial charge in [0.2, 0.25) is 23.1 Å². The number of nitrogens with one attached hydrogen (secondary N) is 2. The zero-order chi connectivity index (χ0) is 14.3. The van der Waals surface area contributed by atoms with E-state index in [2.05, 4.69) is 25.6 Å². The fourth-order valence-electron chi connectivity index (χ4n) is 1.37. The van der Waals surface area contributed by atoms with Crippen LogP contribution in [0.5, 0.6) is 0 Å². The van der Waals surface area contributed by atoms with Crippen LogP contribution in [0.25, 0.3) is 0 Å². The molecule has 19 heavy (non-hydrogen) atoms. The summed E-state index contributed by atoms with van der Waals surface area (Å²) in [6.45, 7) is 5.41. The molecule has 0 aliphatic heterocycles. The molecule has 1 aromatic heterocycles. The number of amides is 1. The van der Waals surface area contributed by atoms with Crippen LogP contribution in [0.15, 0.2) is 0 Å². The van der Waals surface area contributed by atoms with Crippen LogP contribution in [0.2, 0.25) is 5.28 Å². The van der Waals surface area contributed by atoms with Gasteiger partial charge in [-0.2, -0.15) is 15.0 Å². The van der Waals surface area contributed by atoms with Crippen LogP contribution in [-0.2, 0) is 4.79 Å². The maximum atomic E-state index is 11.5. The van der Waals surface area contributed by atoms with Gasteiger partial charge in [-0.25, -0.2) is 0 Å². The summed E-state index contributed by atoms with van der Waals surface area (Å²) >= 11 is 5.84. The molecule has 0 fully saturated rings. The van der Waals surface area contributed by atoms with Crippen molar-refractivity contribution < 1.29 is 4.79 Å². The summed E-state index contributed by atoms with van der Waals surface area (Å²) in [6, 6.07) is 0. The Morgan fingerprint density at radius 2 is 2.05 bits per heavy atom. The van der Waals surface area contributed by atoms with Crippen LogP contribution in [0, 0.1) is 0 Å². The first-order valence-corrected chi connectivity index (χ1v) is 6.57. The van der Waals surface area contributed by atoms with Crippen molar-refractivity contribution in [3.63, 3.8) is 0 Å². The lowest BCUT2D eigenvalue weighted by Gasteiger charge is -2.17. The molecule has 0 saturated carbocycles. The van der Waals surface area contributed by atoms with Crippen molar-refractivity contribution in [3.05, 3.63) is 5.28 Å². The SMILES string of the molecule is CCCNc1nc(Cl)nc(N(C)CC(=O)NCC)n1. The van der Waals surface area contributed by atoms with Crippen molar-refractivity contribution in [2.24, 2.45) is 0 Å². The minimum absolute atomic E-state index is 0.0930. The van der Waals surface area contributed by atoms with Crippen molar-refractivity contribution in [3.8, 4) is 0 Å². The van der Waals surface area contributed by atoms with Crippen LogP contribution < -0.4 is 15.5 Å². The van der Waals surface area contributed by atoms with Gasteiger partial charge in [0.25, 0.3) is 0 Å². The van der Waals surface area contributed by atoms with Gasteiger partial charge in [-0.05, 0) is 24.9 Å². The van der Waals surface area contributed by atoms with E-state index in [0.29, 0.717) is 18.4 Å². The van der Waals surface area contributed by atoms with Gasteiger partial charge < -0.3 is 15.5 Å². The van der Waals surface area contributed by atoms with Gasteiger partial charge in [0.1, 0.15) is 0 Å². The molecule has 106 valence electrons. The maximum Gasteiger partial charge on any atom is 0.239 e. The molecule has 1 amide bonds. The Balaban J connectivity index is 2.75. The highest BCUT2D eigenvalue weighted by Crippen LogP contribution is 2.12. The lowest BCUT2D eigenvalue weighted by atomic mass is 10.5. The Hall–Kier alpha value is -1.63. The molecule has 0 saturated heterocycles. The largest absolute Gasteiger partial charge is 0.355 e. The third-order valence-corrected chi connectivity index (χ3v) is 2.39. The molecular weight excluding hydrogens is 268 g/mol. The fourth-order valence-corrected chi connectivity index (χ4v) is 1.52. The van der Waals surface area contributed by atoms with Crippen molar-refractivity contribution in [1.82, 2.24) is 20.3 Å². The molecule has 0 aliphatic carbocycles. The van der Waals surface area contributed by atoms with Crippen molar-refractivity contribution in [1.29, 1.82) is 0 Å². The van der Waals surface area contributed by atoms with E-state index in [1.54, 1.807) is 11.9 Å². The van der Waals surface area contributed by atoms with Gasteiger partial charge in [0.15, 0.2) is 0 Å². The predicted octanol–water partition coefficient (Wildman–Crippen LogP) is 0.919. The van der Waals surface area contributed by atoms with Crippen LogP contribution in [-0.4, -0.2) is 47.5 Å². The van der Waals surface area contributed by atoms with Gasteiger partial charge >= 0.3 is 0 Å². The topological polar surface area (TPSA) is 83.0 Å². The molecular formula is C11H19ClN6O. The average Bonchev–Trinajstić information content (AvgIpc) is 2.36. The maximum absolute atomic E-state index is 11.5. The standard InChI is InChI=1S/C11H19ClN6O/c1-4-6-14-10-15-9(12)16-11(17-10)18(3)7-8(19)13-5-2/h4-7H2,1-3H3,(H,13,19)(H,14,15,16,17). The van der Waals surface area contributed by atoms with Crippen LogP contribution in [0.3, 0.4) is 0 Å². The zero-order valence-corrected chi connectivity index (χ0v) is 12.2. The summed E-state index contributed by atoms with van der Waals surface area (Å²) in [5, 5.41) is 5.85. The molecule has 0 atom stereocenters.